The fourth-order valence-electron chi connectivity index (χ4n) is 0.275. The predicted octanol–water partition coefficient (Wildman–Crippen LogP) is -1.63. The van der Waals surface area contributed by atoms with E-state index < -0.39 is 27.2 Å². The molecule has 0 bridgehead atoms. The van der Waals surface area contributed by atoms with Crippen LogP contribution >= 0.6 is 0 Å². The number of rotatable bonds is 3. The van der Waals surface area contributed by atoms with Gasteiger partial charge in [0.15, 0.2) is 0 Å². The maximum atomic E-state index is 9.73. The van der Waals surface area contributed by atoms with Gasteiger partial charge >= 0.3 is 14.8 Å². The van der Waals surface area contributed by atoms with Crippen molar-refractivity contribution in [3.8, 4) is 0 Å². The van der Waals surface area contributed by atoms with Crippen LogP contribution in [0.3, 0.4) is 0 Å². The van der Waals surface area contributed by atoms with Crippen molar-refractivity contribution in [3.05, 3.63) is 0 Å². The molecule has 0 unspecified atom stereocenters. The fraction of sp³-hybridized carbons (Fsp3) is 0.667. The number of hydrogen-bond acceptors (Lipinski definition) is 4. The second kappa shape index (κ2) is 4.83. The molecule has 0 fully saturated rings. The number of aliphatic carboxylic acids is 1. The smallest absolute Gasteiger partial charge is 0.481 e. The minimum atomic E-state index is -4.10. The third-order valence-corrected chi connectivity index (χ3v) is 1.60. The van der Waals surface area contributed by atoms with Gasteiger partial charge in [0.1, 0.15) is 0 Å². The first kappa shape index (κ1) is 12.7. The van der Waals surface area contributed by atoms with E-state index in [2.05, 4.69) is 0 Å². The first-order valence-corrected chi connectivity index (χ1v) is 4.35. The van der Waals surface area contributed by atoms with Gasteiger partial charge in [0.2, 0.25) is 0 Å². The number of carbonyl (C=O) groups is 1. The van der Waals surface area contributed by atoms with Crippen LogP contribution in [-0.4, -0.2) is 34.3 Å². The summed E-state index contributed by atoms with van der Waals surface area (Å²) < 4.78 is 0. The molecule has 0 aromatic heterocycles. The van der Waals surface area contributed by atoms with E-state index >= 15 is 0 Å². The topological polar surface area (TPSA) is 98.0 Å². The van der Waals surface area contributed by atoms with Gasteiger partial charge in [0.05, 0.1) is 0 Å². The second-order valence-electron chi connectivity index (χ2n) is 1.67. The molecular formula is C3H8FeO5Si. The average Bonchev–Trinajstić information content (AvgIpc) is 1.59. The summed E-state index contributed by atoms with van der Waals surface area (Å²) in [5.41, 5.74) is 0. The molecule has 0 heterocycles. The summed E-state index contributed by atoms with van der Waals surface area (Å²) in [7, 11) is -4.10. The summed E-state index contributed by atoms with van der Waals surface area (Å²) in [6, 6.07) is -0.442. The molecule has 5 nitrogen and oxygen atoms in total. The molecule has 4 N–H and O–H groups in total. The van der Waals surface area contributed by atoms with E-state index in [1.54, 1.807) is 0 Å². The Bertz CT molecular complexity index is 110. The van der Waals surface area contributed by atoms with Gasteiger partial charge in [-0.05, 0) is 0 Å². The van der Waals surface area contributed by atoms with Gasteiger partial charge in [-0.2, -0.15) is 0 Å². The Morgan fingerprint density at radius 2 is 1.70 bits per heavy atom. The van der Waals surface area contributed by atoms with E-state index in [-0.39, 0.29) is 17.1 Å². The molecule has 7 heteroatoms. The van der Waals surface area contributed by atoms with Crippen molar-refractivity contribution in [2.75, 3.05) is 0 Å². The Labute approximate surface area is 69.2 Å². The van der Waals surface area contributed by atoms with Crippen LogP contribution in [0.15, 0.2) is 0 Å². The van der Waals surface area contributed by atoms with Gasteiger partial charge in [-0.15, -0.1) is 0 Å². The van der Waals surface area contributed by atoms with Gasteiger partial charge in [0.25, 0.3) is 0 Å². The maximum absolute atomic E-state index is 9.73. The average molecular weight is 208 g/mol. The number of carboxylic acids is 1. The zero-order chi connectivity index (χ0) is 7.49. The molecule has 0 aromatic rings. The summed E-state index contributed by atoms with van der Waals surface area (Å²) in [6.07, 6.45) is -0.407. The molecule has 0 aliphatic carbocycles. The quantitative estimate of drug-likeness (QED) is 0.417. The van der Waals surface area contributed by atoms with E-state index in [0.29, 0.717) is 0 Å². The van der Waals surface area contributed by atoms with Crippen molar-refractivity contribution in [2.24, 2.45) is 0 Å². The van der Waals surface area contributed by atoms with Gasteiger partial charge < -0.3 is 19.5 Å². The molecule has 0 atom stereocenters. The van der Waals surface area contributed by atoms with E-state index in [1.165, 1.54) is 0 Å². The van der Waals surface area contributed by atoms with Gasteiger partial charge in [-0.25, -0.2) is 0 Å². The second-order valence-corrected chi connectivity index (χ2v) is 3.72. The maximum Gasteiger partial charge on any atom is 0.493 e. The summed E-state index contributed by atoms with van der Waals surface area (Å²) in [5, 5.41) is 7.97. The van der Waals surface area contributed by atoms with Crippen LogP contribution < -0.4 is 0 Å². The van der Waals surface area contributed by atoms with Crippen LogP contribution in [0, 0.1) is 0 Å². The molecule has 0 saturated carbocycles. The molecular weight excluding hydrogens is 200 g/mol. The van der Waals surface area contributed by atoms with Crippen molar-refractivity contribution in [1.82, 2.24) is 0 Å². The van der Waals surface area contributed by atoms with Crippen molar-refractivity contribution < 1.29 is 41.4 Å². The predicted molar refractivity (Wildman–Crippen MR) is 29.5 cm³/mol. The van der Waals surface area contributed by atoms with Crippen LogP contribution in [0.5, 0.6) is 0 Å². The normalized spacial score (nSPS) is 10.3. The van der Waals surface area contributed by atoms with Crippen LogP contribution in [-0.2, 0) is 21.9 Å². The number of carboxylic acid groups (broad SMARTS) is 1. The molecule has 10 heavy (non-hydrogen) atoms. The fourth-order valence-corrected chi connectivity index (χ4v) is 0.824. The minimum absolute atomic E-state index is 0. The molecule has 0 saturated heterocycles. The van der Waals surface area contributed by atoms with E-state index in [1.807, 2.05) is 0 Å². The van der Waals surface area contributed by atoms with Crippen molar-refractivity contribution >= 4 is 14.8 Å². The molecule has 0 aliphatic rings. The molecule has 62 valence electrons. The summed E-state index contributed by atoms with van der Waals surface area (Å²) in [6.45, 7) is 0. The first-order chi connectivity index (χ1) is 3.92. The van der Waals surface area contributed by atoms with E-state index in [0.717, 1.165) is 0 Å². The first-order valence-electron chi connectivity index (χ1n) is 2.31. The SMILES string of the molecule is O=C(O)CC[Si](O)(O)O.[Fe]. The van der Waals surface area contributed by atoms with Crippen molar-refractivity contribution in [3.63, 3.8) is 0 Å². The zero-order valence-corrected chi connectivity index (χ0v) is 7.07. The van der Waals surface area contributed by atoms with Crippen LogP contribution in [0.4, 0.5) is 0 Å². The summed E-state index contributed by atoms with van der Waals surface area (Å²) in [4.78, 5) is 34.5. The summed E-state index contributed by atoms with van der Waals surface area (Å²) >= 11 is 0. The van der Waals surface area contributed by atoms with Gasteiger partial charge in [-0.1, -0.05) is 0 Å². The van der Waals surface area contributed by atoms with Gasteiger partial charge in [0, 0.05) is 29.5 Å². The Hall–Kier alpha value is 0.0864. The molecule has 0 amide bonds. The van der Waals surface area contributed by atoms with Crippen LogP contribution in [0.2, 0.25) is 6.04 Å². The molecule has 0 spiro atoms. The van der Waals surface area contributed by atoms with Crippen LogP contribution in [0.25, 0.3) is 0 Å². The Morgan fingerprint density at radius 1 is 1.30 bits per heavy atom. The largest absolute Gasteiger partial charge is 0.493 e. The Kier molecular flexibility index (Phi) is 6.16. The van der Waals surface area contributed by atoms with Crippen molar-refractivity contribution in [1.29, 1.82) is 0 Å². The molecule has 0 aliphatic heterocycles. The minimum Gasteiger partial charge on any atom is -0.481 e. The summed E-state index contributed by atoms with van der Waals surface area (Å²) in [5.74, 6) is -1.15. The number of hydrogen-bond donors (Lipinski definition) is 4. The monoisotopic (exact) mass is 208 g/mol. The third kappa shape index (κ3) is 11.0. The third-order valence-electron chi connectivity index (χ3n) is 0.674. The van der Waals surface area contributed by atoms with Gasteiger partial charge in [-0.3, -0.25) is 4.79 Å². The zero-order valence-electron chi connectivity index (χ0n) is 4.96. The standard InChI is InChI=1S/C3H8O5Si.Fe/c4-3(5)1-2-9(6,7)8;/h6-8H,1-2H2,(H,4,5);. The molecule has 0 radical (unpaired) electrons. The Morgan fingerprint density at radius 3 is 1.80 bits per heavy atom. The molecule has 0 aromatic carbocycles. The molecule has 0 rings (SSSR count). The Balaban J connectivity index is 0. The van der Waals surface area contributed by atoms with Crippen LogP contribution in [0.1, 0.15) is 6.42 Å². The van der Waals surface area contributed by atoms with E-state index in [4.69, 9.17) is 19.5 Å². The van der Waals surface area contributed by atoms with Crippen molar-refractivity contribution in [2.45, 2.75) is 12.5 Å². The van der Waals surface area contributed by atoms with E-state index in [9.17, 15) is 4.79 Å².